The summed E-state index contributed by atoms with van der Waals surface area (Å²) in [6.45, 7) is 5.61. The average Bonchev–Trinajstić information content (AvgIpc) is 3.45. The number of nitrogens with one attached hydrogen (secondary N) is 1. The molecule has 7 nitrogen and oxygen atoms in total. The normalized spacial score (nSPS) is 21.6. The molecule has 2 atom stereocenters. The molecule has 32 heavy (non-hydrogen) atoms. The summed E-state index contributed by atoms with van der Waals surface area (Å²) in [5.74, 6) is 0. The number of hydrogen-bond donors (Lipinski definition) is 1. The summed E-state index contributed by atoms with van der Waals surface area (Å²) in [6, 6.07) is 14.4. The van der Waals surface area contributed by atoms with Gasteiger partial charge in [-0.2, -0.15) is 0 Å². The van der Waals surface area contributed by atoms with Gasteiger partial charge in [-0.15, -0.1) is 0 Å². The Morgan fingerprint density at radius 2 is 1.84 bits per heavy atom. The Balaban J connectivity index is 1.43. The van der Waals surface area contributed by atoms with Crippen LogP contribution in [0.25, 0.3) is 5.69 Å². The molecule has 2 aliphatic rings. The van der Waals surface area contributed by atoms with Crippen molar-refractivity contribution in [3.8, 4) is 5.69 Å². The maximum absolute atomic E-state index is 5.83. The van der Waals surface area contributed by atoms with Gasteiger partial charge in [-0.1, -0.05) is 6.07 Å². The van der Waals surface area contributed by atoms with Crippen molar-refractivity contribution in [2.75, 3.05) is 39.4 Å². The van der Waals surface area contributed by atoms with Crippen molar-refractivity contribution < 1.29 is 4.74 Å². The van der Waals surface area contributed by atoms with Gasteiger partial charge in [0.2, 0.25) is 0 Å². The molecule has 0 radical (unpaired) electrons. The van der Waals surface area contributed by atoms with Crippen LogP contribution < -0.4 is 5.32 Å². The van der Waals surface area contributed by atoms with Crippen LogP contribution in [-0.2, 0) is 4.74 Å². The van der Waals surface area contributed by atoms with Gasteiger partial charge < -0.3 is 19.5 Å². The van der Waals surface area contributed by atoms with E-state index in [9.17, 15) is 0 Å². The van der Waals surface area contributed by atoms with Gasteiger partial charge in [0, 0.05) is 62.3 Å². The monoisotopic (exact) mass is 448 g/mol. The second-order valence-electron chi connectivity index (χ2n) is 8.14. The molecule has 5 rings (SSSR count). The smallest absolute Gasteiger partial charge is 0.170 e. The molecule has 0 aromatic carbocycles. The van der Waals surface area contributed by atoms with Crippen LogP contribution in [0.5, 0.6) is 0 Å². The lowest BCUT2D eigenvalue weighted by molar-refractivity contribution is 0.0365. The minimum absolute atomic E-state index is 0.0115. The molecule has 0 aliphatic carbocycles. The van der Waals surface area contributed by atoms with Crippen molar-refractivity contribution >= 4 is 17.3 Å². The zero-order valence-corrected chi connectivity index (χ0v) is 18.8. The molecule has 2 saturated heterocycles. The van der Waals surface area contributed by atoms with E-state index in [0.717, 1.165) is 62.3 Å². The molecule has 0 unspecified atom stereocenters. The molecular weight excluding hydrogens is 420 g/mol. The fourth-order valence-corrected chi connectivity index (χ4v) is 4.96. The molecule has 0 spiro atoms. The highest BCUT2D eigenvalue weighted by atomic mass is 32.1. The van der Waals surface area contributed by atoms with Gasteiger partial charge in [0.25, 0.3) is 0 Å². The first kappa shape index (κ1) is 21.1. The molecule has 2 fully saturated rings. The Morgan fingerprint density at radius 1 is 1.00 bits per heavy atom. The maximum Gasteiger partial charge on any atom is 0.170 e. The van der Waals surface area contributed by atoms with Crippen molar-refractivity contribution in [3.63, 3.8) is 0 Å². The standard InChI is InChI=1S/C24H28N6OS/c32-24-27-22(20-5-1-2-9-26-20)23(30(24)14-4-12-28-15-17-31-18-16-28)21-6-3-13-29(21)19-7-10-25-11-8-19/h1-3,5-11,13,22-23H,4,12,14-18H2,(H,27,32)/t22-,23-/m1/s1. The molecule has 8 heteroatoms. The number of rotatable bonds is 7. The van der Waals surface area contributed by atoms with Crippen LogP contribution >= 0.6 is 12.2 Å². The van der Waals surface area contributed by atoms with E-state index in [1.165, 1.54) is 5.69 Å². The molecule has 2 aliphatic heterocycles. The summed E-state index contributed by atoms with van der Waals surface area (Å²) in [4.78, 5) is 13.6. The molecule has 3 aromatic rings. The average molecular weight is 449 g/mol. The lowest BCUT2D eigenvalue weighted by Gasteiger charge is -2.31. The van der Waals surface area contributed by atoms with Gasteiger partial charge in [0.05, 0.1) is 31.0 Å². The summed E-state index contributed by atoms with van der Waals surface area (Å²) in [5.41, 5.74) is 3.27. The van der Waals surface area contributed by atoms with Crippen LogP contribution in [0.2, 0.25) is 0 Å². The Bertz CT molecular complexity index is 1020. The second-order valence-corrected chi connectivity index (χ2v) is 8.52. The number of pyridine rings is 2. The van der Waals surface area contributed by atoms with Crippen molar-refractivity contribution in [2.24, 2.45) is 0 Å². The number of ether oxygens (including phenoxy) is 1. The predicted octanol–water partition coefficient (Wildman–Crippen LogP) is 2.96. The molecule has 5 heterocycles. The van der Waals surface area contributed by atoms with E-state index in [1.807, 2.05) is 42.9 Å². The van der Waals surface area contributed by atoms with E-state index in [4.69, 9.17) is 17.0 Å². The Kier molecular flexibility index (Phi) is 6.43. The predicted molar refractivity (Wildman–Crippen MR) is 128 cm³/mol. The van der Waals surface area contributed by atoms with Gasteiger partial charge in [-0.3, -0.25) is 14.9 Å². The lowest BCUT2D eigenvalue weighted by atomic mass is 10.0. The van der Waals surface area contributed by atoms with E-state index in [-0.39, 0.29) is 12.1 Å². The third kappa shape index (κ3) is 4.39. The van der Waals surface area contributed by atoms with Crippen molar-refractivity contribution in [1.82, 2.24) is 29.7 Å². The summed E-state index contributed by atoms with van der Waals surface area (Å²) < 4.78 is 7.71. The zero-order valence-electron chi connectivity index (χ0n) is 18.0. The number of morpholine rings is 1. The third-order valence-corrected chi connectivity index (χ3v) is 6.55. The third-order valence-electron chi connectivity index (χ3n) is 6.20. The van der Waals surface area contributed by atoms with Gasteiger partial charge in [0.1, 0.15) is 0 Å². The highest BCUT2D eigenvalue weighted by Gasteiger charge is 2.41. The van der Waals surface area contributed by atoms with Crippen LogP contribution in [0.4, 0.5) is 0 Å². The van der Waals surface area contributed by atoms with E-state index in [2.05, 4.69) is 54.0 Å². The largest absolute Gasteiger partial charge is 0.379 e. The number of nitrogens with zero attached hydrogens (tertiary/aromatic N) is 5. The van der Waals surface area contributed by atoms with Crippen LogP contribution in [0.1, 0.15) is 29.9 Å². The molecule has 0 amide bonds. The minimum atomic E-state index is -0.0115. The van der Waals surface area contributed by atoms with Gasteiger partial charge in [0.15, 0.2) is 5.11 Å². The Labute approximate surface area is 194 Å². The summed E-state index contributed by atoms with van der Waals surface area (Å²) in [7, 11) is 0. The van der Waals surface area contributed by atoms with E-state index in [1.54, 1.807) is 0 Å². The molecule has 0 bridgehead atoms. The van der Waals surface area contributed by atoms with Crippen molar-refractivity contribution in [3.05, 3.63) is 78.6 Å². The maximum atomic E-state index is 5.83. The summed E-state index contributed by atoms with van der Waals surface area (Å²) in [6.07, 6.45) is 8.65. The highest BCUT2D eigenvalue weighted by molar-refractivity contribution is 7.80. The first-order valence-electron chi connectivity index (χ1n) is 11.2. The first-order chi connectivity index (χ1) is 15.8. The Hall–Kier alpha value is -2.81. The minimum Gasteiger partial charge on any atom is -0.379 e. The van der Waals surface area contributed by atoms with Crippen LogP contribution in [0.3, 0.4) is 0 Å². The number of thiocarbonyl (C=S) groups is 1. The first-order valence-corrected chi connectivity index (χ1v) is 11.6. The fraction of sp³-hybridized carbons (Fsp3) is 0.375. The number of aromatic nitrogens is 3. The number of hydrogen-bond acceptors (Lipinski definition) is 5. The second kappa shape index (κ2) is 9.77. The van der Waals surface area contributed by atoms with Gasteiger partial charge in [-0.05, 0) is 55.0 Å². The SMILES string of the molecule is S=C1N[C@H](c2ccccn2)[C@@H](c2cccn2-c2ccncc2)N1CCCN1CCOCC1. The lowest BCUT2D eigenvalue weighted by Crippen LogP contribution is -2.39. The summed E-state index contributed by atoms with van der Waals surface area (Å²) in [5, 5.41) is 4.35. The Morgan fingerprint density at radius 3 is 2.62 bits per heavy atom. The molecule has 166 valence electrons. The quantitative estimate of drug-likeness (QED) is 0.558. The van der Waals surface area contributed by atoms with Crippen molar-refractivity contribution in [1.29, 1.82) is 0 Å². The van der Waals surface area contributed by atoms with E-state index in [0.29, 0.717) is 0 Å². The molecule has 1 N–H and O–H groups in total. The fourth-order valence-electron chi connectivity index (χ4n) is 4.63. The van der Waals surface area contributed by atoms with Crippen LogP contribution in [0.15, 0.2) is 67.3 Å². The van der Waals surface area contributed by atoms with Crippen molar-refractivity contribution in [2.45, 2.75) is 18.5 Å². The van der Waals surface area contributed by atoms with Gasteiger partial charge in [-0.25, -0.2) is 0 Å². The molecular formula is C24H28N6OS. The van der Waals surface area contributed by atoms with Crippen LogP contribution in [0, 0.1) is 0 Å². The molecule has 3 aromatic heterocycles. The van der Waals surface area contributed by atoms with E-state index >= 15 is 0 Å². The zero-order chi connectivity index (χ0) is 21.8. The van der Waals surface area contributed by atoms with Crippen LogP contribution in [-0.4, -0.2) is 68.8 Å². The highest BCUT2D eigenvalue weighted by Crippen LogP contribution is 2.39. The topological polar surface area (TPSA) is 58.5 Å². The summed E-state index contributed by atoms with van der Waals surface area (Å²) >= 11 is 5.83. The van der Waals surface area contributed by atoms with Gasteiger partial charge >= 0.3 is 0 Å². The van der Waals surface area contributed by atoms with E-state index < -0.39 is 0 Å². The molecule has 0 saturated carbocycles.